The van der Waals surface area contributed by atoms with E-state index in [9.17, 15) is 4.79 Å². The Labute approximate surface area is 134 Å². The Kier molecular flexibility index (Phi) is 8.98. The molecule has 4 heteroatoms. The van der Waals surface area contributed by atoms with E-state index in [2.05, 4.69) is 44.9 Å². The first-order chi connectivity index (χ1) is 9.41. The van der Waals surface area contributed by atoms with Gasteiger partial charge in [-0.05, 0) is 19.8 Å². The van der Waals surface area contributed by atoms with Crippen molar-refractivity contribution in [1.82, 2.24) is 0 Å². The fraction of sp³-hybridized carbons (Fsp3) is 0.471. The molecule has 1 aromatic carbocycles. The third-order valence-corrected chi connectivity index (χ3v) is 3.19. The molecule has 0 heterocycles. The minimum Gasteiger partial charge on any atom is -1.00 e. The molecule has 0 aromatic heterocycles. The van der Waals surface area contributed by atoms with Gasteiger partial charge in [-0.15, -0.1) is 0 Å². The summed E-state index contributed by atoms with van der Waals surface area (Å²) in [5, 5.41) is 0. The maximum Gasteiger partial charge on any atom is 0.333 e. The lowest BCUT2D eigenvalue weighted by atomic mass is 10.2. The first-order valence-corrected chi connectivity index (χ1v) is 7.09. The number of hydrogen-bond donors (Lipinski definition) is 0. The van der Waals surface area contributed by atoms with Crippen LogP contribution in [-0.2, 0) is 16.1 Å². The third-order valence-electron chi connectivity index (χ3n) is 3.19. The molecule has 0 N–H and O–H groups in total. The van der Waals surface area contributed by atoms with Crippen LogP contribution in [0.15, 0.2) is 42.5 Å². The molecule has 21 heavy (non-hydrogen) atoms. The number of nitrogens with zero attached hydrogens (tertiary/aromatic N) is 1. The van der Waals surface area contributed by atoms with E-state index in [1.807, 2.05) is 6.07 Å². The van der Waals surface area contributed by atoms with Gasteiger partial charge in [-0.25, -0.2) is 4.79 Å². The van der Waals surface area contributed by atoms with Crippen LogP contribution in [0.1, 0.15) is 25.3 Å². The normalized spacial score (nSPS) is 10.6. The average Bonchev–Trinajstić information content (AvgIpc) is 2.38. The molecule has 0 saturated carbocycles. The third kappa shape index (κ3) is 8.53. The molecule has 3 nitrogen and oxygen atoms in total. The second-order valence-electron chi connectivity index (χ2n) is 5.93. The van der Waals surface area contributed by atoms with Crippen LogP contribution >= 0.6 is 0 Å². The van der Waals surface area contributed by atoms with E-state index in [1.54, 1.807) is 6.92 Å². The molecular weight excluding hydrogens is 286 g/mol. The predicted octanol–water partition coefficient (Wildman–Crippen LogP) is 0.167. The van der Waals surface area contributed by atoms with Gasteiger partial charge in [0.05, 0.1) is 27.2 Å². The Balaban J connectivity index is 0.00000400. The summed E-state index contributed by atoms with van der Waals surface area (Å²) in [6.45, 7) is 7.80. The van der Waals surface area contributed by atoms with Gasteiger partial charge >= 0.3 is 5.97 Å². The quantitative estimate of drug-likeness (QED) is 0.296. The van der Waals surface area contributed by atoms with E-state index < -0.39 is 0 Å². The second kappa shape index (κ2) is 9.59. The molecule has 0 saturated heterocycles. The van der Waals surface area contributed by atoms with Crippen LogP contribution in [0.5, 0.6) is 0 Å². The van der Waals surface area contributed by atoms with Gasteiger partial charge in [-0.3, -0.25) is 0 Å². The number of rotatable bonds is 8. The smallest absolute Gasteiger partial charge is 0.333 e. The molecule has 1 aromatic rings. The van der Waals surface area contributed by atoms with Crippen molar-refractivity contribution in [3.05, 3.63) is 48.0 Å². The molecule has 0 bridgehead atoms. The molecule has 0 amide bonds. The van der Waals surface area contributed by atoms with E-state index in [4.69, 9.17) is 4.74 Å². The van der Waals surface area contributed by atoms with Crippen LogP contribution in [0.3, 0.4) is 0 Å². The lowest BCUT2D eigenvalue weighted by Crippen LogP contribution is -3.00. The van der Waals surface area contributed by atoms with Crippen LogP contribution in [0.4, 0.5) is 0 Å². The van der Waals surface area contributed by atoms with Crippen LogP contribution in [0, 0.1) is 0 Å². The Morgan fingerprint density at radius 1 is 1.19 bits per heavy atom. The second-order valence-corrected chi connectivity index (χ2v) is 5.93. The molecule has 1 rings (SSSR count). The summed E-state index contributed by atoms with van der Waals surface area (Å²) in [6, 6.07) is 10.5. The number of quaternary nitrogens is 1. The number of carbonyl (C=O) groups is 1. The van der Waals surface area contributed by atoms with Crippen LogP contribution in [0.2, 0.25) is 0 Å². The Bertz CT molecular complexity index is 443. The number of unbranched alkanes of at least 4 members (excludes halogenated alkanes) is 1. The van der Waals surface area contributed by atoms with Crippen molar-refractivity contribution in [3.63, 3.8) is 0 Å². The molecule has 0 radical (unpaired) electrons. The molecule has 118 valence electrons. The van der Waals surface area contributed by atoms with Gasteiger partial charge in [0.1, 0.15) is 6.54 Å². The van der Waals surface area contributed by atoms with Gasteiger partial charge in [-0.2, -0.15) is 0 Å². The van der Waals surface area contributed by atoms with E-state index in [-0.39, 0.29) is 18.4 Å². The molecule has 0 fully saturated rings. The number of carbonyl (C=O) groups excluding carboxylic acids is 1. The highest BCUT2D eigenvalue weighted by molar-refractivity contribution is 5.86. The van der Waals surface area contributed by atoms with Crippen LogP contribution < -0.4 is 12.4 Å². The summed E-state index contributed by atoms with van der Waals surface area (Å²) in [7, 11) is 4.46. The molecule has 0 spiro atoms. The zero-order valence-corrected chi connectivity index (χ0v) is 14.0. The molecule has 0 aliphatic carbocycles. The van der Waals surface area contributed by atoms with Gasteiger partial charge in [0, 0.05) is 11.1 Å². The lowest BCUT2D eigenvalue weighted by Gasteiger charge is -2.30. The fourth-order valence-corrected chi connectivity index (χ4v) is 2.09. The van der Waals surface area contributed by atoms with Crippen molar-refractivity contribution in [2.24, 2.45) is 0 Å². The summed E-state index contributed by atoms with van der Waals surface area (Å²) >= 11 is 0. The molecule has 0 aliphatic heterocycles. The molecule has 0 unspecified atom stereocenters. The first kappa shape index (κ1) is 19.7. The summed E-state index contributed by atoms with van der Waals surface area (Å²) in [6.07, 6.45) is 1.94. The fourth-order valence-electron chi connectivity index (χ4n) is 2.09. The SMILES string of the molecule is C=C(C)C(=O)OCCCC[N+](C)(C)Cc1ccccc1.[Cl-]. The zero-order chi connectivity index (χ0) is 15.0. The number of ether oxygens (including phenoxy) is 1. The number of halogens is 1. The van der Waals surface area contributed by atoms with Crippen molar-refractivity contribution in [1.29, 1.82) is 0 Å². The van der Waals surface area contributed by atoms with Gasteiger partial charge in [-0.1, -0.05) is 36.9 Å². The lowest BCUT2D eigenvalue weighted by molar-refractivity contribution is -0.903. The van der Waals surface area contributed by atoms with Gasteiger partial charge in [0.25, 0.3) is 0 Å². The van der Waals surface area contributed by atoms with Crippen molar-refractivity contribution in [2.45, 2.75) is 26.3 Å². The highest BCUT2D eigenvalue weighted by Crippen LogP contribution is 2.10. The molecular formula is C17H26ClNO2. The van der Waals surface area contributed by atoms with Gasteiger partial charge in [0.2, 0.25) is 0 Å². The van der Waals surface area contributed by atoms with Crippen LogP contribution in [0.25, 0.3) is 0 Å². The highest BCUT2D eigenvalue weighted by Gasteiger charge is 2.15. The van der Waals surface area contributed by atoms with E-state index in [1.165, 1.54) is 5.56 Å². The first-order valence-electron chi connectivity index (χ1n) is 7.09. The maximum absolute atomic E-state index is 11.2. The highest BCUT2D eigenvalue weighted by atomic mass is 35.5. The van der Waals surface area contributed by atoms with Gasteiger partial charge in [0.15, 0.2) is 0 Å². The van der Waals surface area contributed by atoms with Gasteiger partial charge < -0.3 is 21.6 Å². The number of benzene rings is 1. The summed E-state index contributed by atoms with van der Waals surface area (Å²) in [5.74, 6) is -0.289. The monoisotopic (exact) mass is 311 g/mol. The van der Waals surface area contributed by atoms with E-state index >= 15 is 0 Å². The van der Waals surface area contributed by atoms with Crippen molar-refractivity contribution < 1.29 is 26.4 Å². The number of hydrogen-bond acceptors (Lipinski definition) is 2. The van der Waals surface area contributed by atoms with Crippen molar-refractivity contribution >= 4 is 5.97 Å². The van der Waals surface area contributed by atoms with Crippen LogP contribution in [-0.4, -0.2) is 37.7 Å². The minimum atomic E-state index is -0.289. The molecule has 0 atom stereocenters. The van der Waals surface area contributed by atoms with Crippen molar-refractivity contribution in [2.75, 3.05) is 27.2 Å². The Morgan fingerprint density at radius 3 is 2.38 bits per heavy atom. The standard InChI is InChI=1S/C17H26NO2.ClH/c1-15(2)17(19)20-13-9-8-12-18(3,4)14-16-10-6-5-7-11-16;/h5-7,10-11H,1,8-9,12-14H2,2-4H3;1H/q+1;/p-1. The zero-order valence-electron chi connectivity index (χ0n) is 13.3. The van der Waals surface area contributed by atoms with E-state index in [0.717, 1.165) is 30.4 Å². The Hall–Kier alpha value is -1.32. The Morgan fingerprint density at radius 2 is 1.81 bits per heavy atom. The summed E-state index contributed by atoms with van der Waals surface area (Å²) in [5.41, 5.74) is 1.82. The largest absolute Gasteiger partial charge is 1.00 e. The summed E-state index contributed by atoms with van der Waals surface area (Å²) < 4.78 is 6.03. The maximum atomic E-state index is 11.2. The van der Waals surface area contributed by atoms with Crippen molar-refractivity contribution in [3.8, 4) is 0 Å². The number of esters is 1. The molecule has 0 aliphatic rings. The average molecular weight is 312 g/mol. The summed E-state index contributed by atoms with van der Waals surface area (Å²) in [4.78, 5) is 11.2. The topological polar surface area (TPSA) is 26.3 Å². The van der Waals surface area contributed by atoms with E-state index in [0.29, 0.717) is 12.2 Å². The predicted molar refractivity (Wildman–Crippen MR) is 82.1 cm³/mol. The minimum absolute atomic E-state index is 0.